The first-order valence-corrected chi connectivity index (χ1v) is 7.40. The van der Waals surface area contributed by atoms with Gasteiger partial charge < -0.3 is 5.32 Å². The summed E-state index contributed by atoms with van der Waals surface area (Å²) in [5, 5.41) is 14.2. The third-order valence-electron chi connectivity index (χ3n) is 2.22. The average Bonchev–Trinajstić information content (AvgIpc) is 2.79. The van der Waals surface area contributed by atoms with E-state index in [0.29, 0.717) is 0 Å². The van der Waals surface area contributed by atoms with Gasteiger partial charge in [-0.25, -0.2) is 0 Å². The van der Waals surface area contributed by atoms with Gasteiger partial charge in [0.2, 0.25) is 0 Å². The largest absolute Gasteiger partial charge is 0.319 e. The van der Waals surface area contributed by atoms with E-state index in [2.05, 4.69) is 38.1 Å². The lowest BCUT2D eigenvalue weighted by Crippen LogP contribution is -2.09. The number of hydrogen-bond acceptors (Lipinski definition) is 4. The van der Waals surface area contributed by atoms with E-state index >= 15 is 0 Å². The van der Waals surface area contributed by atoms with Crippen molar-refractivity contribution in [1.82, 2.24) is 15.5 Å². The molecule has 1 aromatic heterocycles. The van der Waals surface area contributed by atoms with Crippen LogP contribution in [-0.2, 0) is 6.42 Å². The van der Waals surface area contributed by atoms with Crippen LogP contribution in [0.4, 0.5) is 0 Å². The van der Waals surface area contributed by atoms with Gasteiger partial charge >= 0.3 is 0 Å². The summed E-state index contributed by atoms with van der Waals surface area (Å²) >= 11 is 9.92. The Morgan fingerprint density at radius 2 is 2.24 bits per heavy atom. The highest BCUT2D eigenvalue weighted by Gasteiger charge is 2.08. The van der Waals surface area contributed by atoms with Crippen molar-refractivity contribution < 1.29 is 0 Å². The van der Waals surface area contributed by atoms with Crippen molar-refractivity contribution in [2.45, 2.75) is 6.42 Å². The molecule has 0 fully saturated rings. The molecular weight excluding hydrogens is 369 g/mol. The molecule has 0 aliphatic heterocycles. The number of benzene rings is 1. The van der Waals surface area contributed by atoms with Crippen LogP contribution in [0.5, 0.6) is 0 Å². The first-order valence-electron chi connectivity index (χ1n) is 5.13. The Labute approximate surface area is 123 Å². The molecule has 0 radical (unpaired) electrons. The van der Waals surface area contributed by atoms with Crippen LogP contribution < -0.4 is 5.32 Å². The van der Waals surface area contributed by atoms with Crippen molar-refractivity contribution in [1.29, 1.82) is 0 Å². The smallest absolute Gasteiger partial charge is 0.147 e. The van der Waals surface area contributed by atoms with Crippen LogP contribution in [0.3, 0.4) is 0 Å². The molecule has 0 saturated heterocycles. The molecule has 2 rings (SSSR count). The van der Waals surface area contributed by atoms with E-state index in [4.69, 9.17) is 11.6 Å². The van der Waals surface area contributed by atoms with E-state index in [-0.39, 0.29) is 0 Å². The molecular formula is C11H11ClIN3S. The van der Waals surface area contributed by atoms with Crippen molar-refractivity contribution in [3.8, 4) is 10.6 Å². The van der Waals surface area contributed by atoms with Gasteiger partial charge in [-0.05, 0) is 41.8 Å². The Kier molecular flexibility index (Phi) is 4.72. The molecule has 90 valence electrons. The van der Waals surface area contributed by atoms with Crippen molar-refractivity contribution in [2.24, 2.45) is 0 Å². The second kappa shape index (κ2) is 6.08. The third kappa shape index (κ3) is 3.37. The van der Waals surface area contributed by atoms with Crippen LogP contribution in [0.25, 0.3) is 10.6 Å². The summed E-state index contributed by atoms with van der Waals surface area (Å²) in [6.07, 6.45) is 0.909. The van der Waals surface area contributed by atoms with Gasteiger partial charge in [-0.1, -0.05) is 29.0 Å². The third-order valence-corrected chi connectivity index (χ3v) is 4.83. The molecule has 0 atom stereocenters. The van der Waals surface area contributed by atoms with Crippen LogP contribution in [0, 0.1) is 3.57 Å². The predicted octanol–water partition coefficient (Wildman–Crippen LogP) is 3.23. The Balaban J connectivity index is 2.21. The minimum absolute atomic E-state index is 0.759. The highest BCUT2D eigenvalue weighted by molar-refractivity contribution is 14.1. The molecule has 0 amide bonds. The molecule has 0 aliphatic carbocycles. The molecule has 3 nitrogen and oxygen atoms in total. The van der Waals surface area contributed by atoms with Crippen LogP contribution in [0.15, 0.2) is 18.2 Å². The maximum absolute atomic E-state index is 6.09. The number of nitrogens with one attached hydrogen (secondary N) is 1. The topological polar surface area (TPSA) is 37.8 Å². The number of rotatable bonds is 4. The van der Waals surface area contributed by atoms with E-state index in [0.717, 1.165) is 37.1 Å². The monoisotopic (exact) mass is 379 g/mol. The molecule has 0 unspecified atom stereocenters. The first kappa shape index (κ1) is 13.2. The van der Waals surface area contributed by atoms with Crippen LogP contribution in [-0.4, -0.2) is 23.8 Å². The van der Waals surface area contributed by atoms with Gasteiger partial charge in [0.25, 0.3) is 0 Å². The van der Waals surface area contributed by atoms with Crippen molar-refractivity contribution in [2.75, 3.05) is 13.6 Å². The summed E-state index contributed by atoms with van der Waals surface area (Å²) in [6.45, 7) is 0.919. The van der Waals surface area contributed by atoms with E-state index in [1.165, 1.54) is 0 Å². The molecule has 1 N–H and O–H groups in total. The summed E-state index contributed by atoms with van der Waals surface area (Å²) in [5.74, 6) is 0. The number of aromatic nitrogens is 2. The van der Waals surface area contributed by atoms with E-state index in [1.54, 1.807) is 11.3 Å². The molecule has 6 heteroatoms. The first-order chi connectivity index (χ1) is 8.20. The number of nitrogens with zero attached hydrogens (tertiary/aromatic N) is 2. The molecule has 1 heterocycles. The molecule has 0 spiro atoms. The summed E-state index contributed by atoms with van der Waals surface area (Å²) in [6, 6.07) is 5.95. The van der Waals surface area contributed by atoms with Crippen LogP contribution in [0.2, 0.25) is 5.02 Å². The lowest BCUT2D eigenvalue weighted by molar-refractivity contribution is 0.779. The minimum atomic E-state index is 0.759. The second-order valence-corrected chi connectivity index (χ2v) is 6.11. The predicted molar refractivity (Wildman–Crippen MR) is 80.7 cm³/mol. The quantitative estimate of drug-likeness (QED) is 0.829. The summed E-state index contributed by atoms with van der Waals surface area (Å²) in [5.41, 5.74) is 1.03. The van der Waals surface area contributed by atoms with E-state index in [9.17, 15) is 0 Å². The zero-order valence-electron chi connectivity index (χ0n) is 9.20. The zero-order chi connectivity index (χ0) is 12.3. The summed E-state index contributed by atoms with van der Waals surface area (Å²) in [7, 11) is 1.93. The highest BCUT2D eigenvalue weighted by Crippen LogP contribution is 2.28. The van der Waals surface area contributed by atoms with E-state index in [1.807, 2.05) is 25.2 Å². The fraction of sp³-hybridized carbons (Fsp3) is 0.273. The fourth-order valence-corrected chi connectivity index (χ4v) is 2.68. The molecule has 0 bridgehead atoms. The van der Waals surface area contributed by atoms with E-state index < -0.39 is 0 Å². The average molecular weight is 380 g/mol. The molecule has 0 aliphatic rings. The molecule has 2 aromatic rings. The lowest BCUT2D eigenvalue weighted by atomic mass is 10.2. The molecule has 1 aromatic carbocycles. The highest BCUT2D eigenvalue weighted by atomic mass is 127. The zero-order valence-corrected chi connectivity index (χ0v) is 12.9. The van der Waals surface area contributed by atoms with Gasteiger partial charge in [-0.2, -0.15) is 0 Å². The van der Waals surface area contributed by atoms with Crippen LogP contribution >= 0.6 is 45.5 Å². The van der Waals surface area contributed by atoms with Crippen molar-refractivity contribution >= 4 is 45.5 Å². The standard InChI is InChI=1S/C11H11ClIN3S/c1-14-5-4-10-15-16-11(17-10)7-2-3-9(13)8(12)6-7/h2-3,6,14H,4-5H2,1H3. The maximum atomic E-state index is 6.09. The molecule has 17 heavy (non-hydrogen) atoms. The van der Waals surface area contributed by atoms with Gasteiger partial charge in [0, 0.05) is 22.1 Å². The van der Waals surface area contributed by atoms with Gasteiger partial charge in [0.1, 0.15) is 10.0 Å². The van der Waals surface area contributed by atoms with Crippen molar-refractivity contribution in [3.63, 3.8) is 0 Å². The SMILES string of the molecule is CNCCc1nnc(-c2ccc(I)c(Cl)c2)s1. The lowest BCUT2D eigenvalue weighted by Gasteiger charge is -1.98. The van der Waals surface area contributed by atoms with Gasteiger partial charge in [-0.15, -0.1) is 10.2 Å². The maximum Gasteiger partial charge on any atom is 0.147 e. The van der Waals surface area contributed by atoms with Gasteiger partial charge in [0.05, 0.1) is 5.02 Å². The fourth-order valence-electron chi connectivity index (χ4n) is 1.33. The van der Waals surface area contributed by atoms with Gasteiger partial charge in [-0.3, -0.25) is 0 Å². The van der Waals surface area contributed by atoms with Crippen molar-refractivity contribution in [3.05, 3.63) is 31.8 Å². The summed E-state index contributed by atoms with van der Waals surface area (Å²) in [4.78, 5) is 0. The summed E-state index contributed by atoms with van der Waals surface area (Å²) < 4.78 is 1.05. The normalized spacial score (nSPS) is 10.8. The second-order valence-electron chi connectivity index (χ2n) is 3.48. The van der Waals surface area contributed by atoms with Gasteiger partial charge in [0.15, 0.2) is 0 Å². The minimum Gasteiger partial charge on any atom is -0.319 e. The number of likely N-dealkylation sites (N-methyl/N-ethyl adjacent to an activating group) is 1. The Morgan fingerprint density at radius 1 is 1.41 bits per heavy atom. The Hall–Kier alpha value is -0.240. The Morgan fingerprint density at radius 3 is 2.94 bits per heavy atom. The number of halogens is 2. The Bertz CT molecular complexity index is 515. The number of hydrogen-bond donors (Lipinski definition) is 1. The van der Waals surface area contributed by atoms with Crippen LogP contribution in [0.1, 0.15) is 5.01 Å². The molecule has 0 saturated carbocycles.